The van der Waals surface area contributed by atoms with Crippen LogP contribution in [0.2, 0.25) is 0 Å². The van der Waals surface area contributed by atoms with E-state index in [2.05, 4.69) is 10.6 Å². The van der Waals surface area contributed by atoms with Crippen molar-refractivity contribution < 1.29 is 14.4 Å². The normalized spacial score (nSPS) is 24.2. The molecule has 1 saturated carbocycles. The van der Waals surface area contributed by atoms with Gasteiger partial charge in [0.15, 0.2) is 0 Å². The molecular weight excluding hydrogens is 378 g/mol. The van der Waals surface area contributed by atoms with E-state index >= 15 is 0 Å². The van der Waals surface area contributed by atoms with E-state index in [0.29, 0.717) is 18.5 Å². The van der Waals surface area contributed by atoms with Gasteiger partial charge in [-0.2, -0.15) is 0 Å². The molecule has 0 bridgehead atoms. The molecule has 1 aromatic carbocycles. The van der Waals surface area contributed by atoms with Gasteiger partial charge in [0.2, 0.25) is 11.8 Å². The quantitative estimate of drug-likeness (QED) is 0.752. The minimum Gasteiger partial charge on any atom is -0.351 e. The van der Waals surface area contributed by atoms with Gasteiger partial charge in [-0.3, -0.25) is 14.4 Å². The highest BCUT2D eigenvalue weighted by atomic mass is 16.2. The van der Waals surface area contributed by atoms with Crippen molar-refractivity contribution in [1.29, 1.82) is 0 Å². The maximum atomic E-state index is 13.0. The molecule has 1 aliphatic heterocycles. The monoisotopic (exact) mass is 413 g/mol. The van der Waals surface area contributed by atoms with E-state index in [0.717, 1.165) is 57.1 Å². The molecule has 6 heteroatoms. The zero-order chi connectivity index (χ0) is 21.5. The van der Waals surface area contributed by atoms with Gasteiger partial charge in [0, 0.05) is 37.2 Å². The summed E-state index contributed by atoms with van der Waals surface area (Å²) in [5.74, 6) is -0.0652. The lowest BCUT2D eigenvalue weighted by Crippen LogP contribution is -2.55. The maximum absolute atomic E-state index is 13.0. The summed E-state index contributed by atoms with van der Waals surface area (Å²) in [6.45, 7) is 5.20. The number of nitrogens with zero attached hydrogens (tertiary/aromatic N) is 1. The van der Waals surface area contributed by atoms with E-state index in [-0.39, 0.29) is 35.7 Å². The summed E-state index contributed by atoms with van der Waals surface area (Å²) in [6, 6.07) is 7.46. The topological polar surface area (TPSA) is 78.5 Å². The molecule has 1 saturated heterocycles. The predicted molar refractivity (Wildman–Crippen MR) is 117 cm³/mol. The van der Waals surface area contributed by atoms with Gasteiger partial charge in [0.05, 0.1) is 5.92 Å². The van der Waals surface area contributed by atoms with Crippen LogP contribution >= 0.6 is 0 Å². The SMILES string of the molecule is CCCC(=O)N1CCC[C@@H](C(=O)N[C@@H]2CCCC[C@H]2NC(=O)c2ccccc2C)C1. The van der Waals surface area contributed by atoms with Gasteiger partial charge in [0.25, 0.3) is 5.91 Å². The van der Waals surface area contributed by atoms with E-state index in [1.807, 2.05) is 43.0 Å². The standard InChI is InChI=1S/C24H35N3O3/c1-3-9-22(28)27-15-8-11-18(16-27)23(29)25-20-13-6-7-14-21(20)26-24(30)19-12-5-4-10-17(19)2/h4-5,10,12,18,20-21H,3,6-9,11,13-16H2,1-2H3,(H,25,29)(H,26,30)/t18-,20-,21-/m1/s1. The third-order valence-electron chi connectivity index (χ3n) is 6.41. The first-order chi connectivity index (χ1) is 14.5. The molecule has 6 nitrogen and oxygen atoms in total. The van der Waals surface area contributed by atoms with Gasteiger partial charge in [-0.25, -0.2) is 0 Å². The Labute approximate surface area is 179 Å². The molecule has 30 heavy (non-hydrogen) atoms. The second-order valence-electron chi connectivity index (χ2n) is 8.72. The van der Waals surface area contributed by atoms with E-state index < -0.39 is 0 Å². The highest BCUT2D eigenvalue weighted by Crippen LogP contribution is 2.22. The average molecular weight is 414 g/mol. The Bertz CT molecular complexity index is 764. The first-order valence-electron chi connectivity index (χ1n) is 11.4. The fourth-order valence-corrected chi connectivity index (χ4v) is 4.64. The maximum Gasteiger partial charge on any atom is 0.251 e. The summed E-state index contributed by atoms with van der Waals surface area (Å²) < 4.78 is 0. The number of piperidine rings is 1. The van der Waals surface area contributed by atoms with Crippen LogP contribution in [0.15, 0.2) is 24.3 Å². The lowest BCUT2D eigenvalue weighted by molar-refractivity contribution is -0.136. The third-order valence-corrected chi connectivity index (χ3v) is 6.41. The number of nitrogens with one attached hydrogen (secondary N) is 2. The van der Waals surface area contributed by atoms with Crippen LogP contribution in [0.4, 0.5) is 0 Å². The fraction of sp³-hybridized carbons (Fsp3) is 0.625. The van der Waals surface area contributed by atoms with Crippen LogP contribution in [0.1, 0.15) is 74.2 Å². The van der Waals surface area contributed by atoms with Crippen molar-refractivity contribution in [2.24, 2.45) is 5.92 Å². The summed E-state index contributed by atoms with van der Waals surface area (Å²) in [4.78, 5) is 39.8. The molecule has 1 heterocycles. The second-order valence-corrected chi connectivity index (χ2v) is 8.72. The second kappa shape index (κ2) is 10.6. The molecular formula is C24H35N3O3. The van der Waals surface area contributed by atoms with Gasteiger partial charge in [-0.15, -0.1) is 0 Å². The van der Waals surface area contributed by atoms with Crippen molar-refractivity contribution in [2.45, 2.75) is 77.3 Å². The third kappa shape index (κ3) is 5.61. The van der Waals surface area contributed by atoms with E-state index in [9.17, 15) is 14.4 Å². The Balaban J connectivity index is 1.59. The zero-order valence-electron chi connectivity index (χ0n) is 18.3. The number of rotatable bonds is 6. The average Bonchev–Trinajstić information content (AvgIpc) is 2.75. The molecule has 1 aliphatic carbocycles. The Morgan fingerprint density at radius 1 is 1.00 bits per heavy atom. The molecule has 164 valence electrons. The molecule has 3 rings (SSSR count). The van der Waals surface area contributed by atoms with Crippen molar-refractivity contribution in [3.8, 4) is 0 Å². The molecule has 1 aromatic rings. The zero-order valence-corrected chi connectivity index (χ0v) is 18.3. The molecule has 2 fully saturated rings. The summed E-state index contributed by atoms with van der Waals surface area (Å²) in [5.41, 5.74) is 1.64. The van der Waals surface area contributed by atoms with Gasteiger partial charge < -0.3 is 15.5 Å². The highest BCUT2D eigenvalue weighted by Gasteiger charge is 2.33. The van der Waals surface area contributed by atoms with E-state index in [4.69, 9.17) is 0 Å². The molecule has 0 spiro atoms. The van der Waals surface area contributed by atoms with Crippen molar-refractivity contribution in [1.82, 2.24) is 15.5 Å². The molecule has 3 atom stereocenters. The van der Waals surface area contributed by atoms with Crippen LogP contribution in [-0.4, -0.2) is 47.8 Å². The van der Waals surface area contributed by atoms with Crippen LogP contribution in [0.25, 0.3) is 0 Å². The molecule has 0 radical (unpaired) electrons. The molecule has 0 aromatic heterocycles. The molecule has 2 N–H and O–H groups in total. The number of amides is 3. The molecule has 3 amide bonds. The van der Waals surface area contributed by atoms with Crippen LogP contribution < -0.4 is 10.6 Å². The van der Waals surface area contributed by atoms with Gasteiger partial charge in [0.1, 0.15) is 0 Å². The van der Waals surface area contributed by atoms with Crippen LogP contribution in [0, 0.1) is 12.8 Å². The number of hydrogen-bond donors (Lipinski definition) is 2. The number of carbonyl (C=O) groups is 3. The van der Waals surface area contributed by atoms with Crippen molar-refractivity contribution >= 4 is 17.7 Å². The van der Waals surface area contributed by atoms with Gasteiger partial charge in [-0.1, -0.05) is 38.0 Å². The number of carbonyl (C=O) groups excluding carboxylic acids is 3. The first-order valence-corrected chi connectivity index (χ1v) is 11.4. The molecule has 2 aliphatic rings. The fourth-order valence-electron chi connectivity index (χ4n) is 4.64. The predicted octanol–water partition coefficient (Wildman–Crippen LogP) is 3.19. The van der Waals surface area contributed by atoms with Crippen molar-refractivity contribution in [3.05, 3.63) is 35.4 Å². The Hall–Kier alpha value is -2.37. The summed E-state index contributed by atoms with van der Waals surface area (Å²) >= 11 is 0. The minimum atomic E-state index is -0.158. The van der Waals surface area contributed by atoms with Crippen molar-refractivity contribution in [3.63, 3.8) is 0 Å². The summed E-state index contributed by atoms with van der Waals surface area (Å²) in [5, 5.41) is 6.37. The van der Waals surface area contributed by atoms with Crippen molar-refractivity contribution in [2.75, 3.05) is 13.1 Å². The number of hydrogen-bond acceptors (Lipinski definition) is 3. The first kappa shape index (κ1) is 22.3. The van der Waals surface area contributed by atoms with E-state index in [1.54, 1.807) is 0 Å². The lowest BCUT2D eigenvalue weighted by Gasteiger charge is -2.36. The summed E-state index contributed by atoms with van der Waals surface area (Å²) in [6.07, 6.45) is 6.89. The smallest absolute Gasteiger partial charge is 0.251 e. The lowest BCUT2D eigenvalue weighted by atomic mass is 9.88. The minimum absolute atomic E-state index is 0.0195. The Morgan fingerprint density at radius 3 is 2.40 bits per heavy atom. The largest absolute Gasteiger partial charge is 0.351 e. The summed E-state index contributed by atoms with van der Waals surface area (Å²) in [7, 11) is 0. The van der Waals surface area contributed by atoms with Gasteiger partial charge >= 0.3 is 0 Å². The number of benzene rings is 1. The van der Waals surface area contributed by atoms with E-state index in [1.165, 1.54) is 0 Å². The van der Waals surface area contributed by atoms with Gasteiger partial charge in [-0.05, 0) is 50.7 Å². The number of aryl methyl sites for hydroxylation is 1. The number of likely N-dealkylation sites (tertiary alicyclic amines) is 1. The van der Waals surface area contributed by atoms with Crippen LogP contribution in [0.3, 0.4) is 0 Å². The molecule has 0 unspecified atom stereocenters. The Kier molecular flexibility index (Phi) is 7.88. The van der Waals surface area contributed by atoms with Crippen LogP contribution in [0.5, 0.6) is 0 Å². The van der Waals surface area contributed by atoms with Crippen LogP contribution in [-0.2, 0) is 9.59 Å². The Morgan fingerprint density at radius 2 is 1.70 bits per heavy atom. The highest BCUT2D eigenvalue weighted by molar-refractivity contribution is 5.95.